The van der Waals surface area contributed by atoms with Gasteiger partial charge in [0.1, 0.15) is 0 Å². The van der Waals surface area contributed by atoms with Gasteiger partial charge in [0.05, 0.1) is 0 Å². The quantitative estimate of drug-likeness (QED) is 0.661. The standard InChI is InChI=1S/C11H23NOS/c1-3-14-11-7-4-6-10(11)12-8-5-9-13-2/h10-12H,3-9H2,1-2H3. The Kier molecular flexibility index (Phi) is 6.65. The Bertz CT molecular complexity index is 143. The monoisotopic (exact) mass is 217 g/mol. The van der Waals surface area contributed by atoms with Gasteiger partial charge in [-0.25, -0.2) is 0 Å². The zero-order valence-electron chi connectivity index (χ0n) is 9.42. The van der Waals surface area contributed by atoms with E-state index in [-0.39, 0.29) is 0 Å². The van der Waals surface area contributed by atoms with Gasteiger partial charge in [-0.15, -0.1) is 0 Å². The smallest absolute Gasteiger partial charge is 0.0474 e. The number of thioether (sulfide) groups is 1. The van der Waals surface area contributed by atoms with Crippen LogP contribution in [0, 0.1) is 0 Å². The Morgan fingerprint density at radius 1 is 1.43 bits per heavy atom. The summed E-state index contributed by atoms with van der Waals surface area (Å²) in [7, 11) is 1.77. The maximum Gasteiger partial charge on any atom is 0.0474 e. The molecular weight excluding hydrogens is 194 g/mol. The van der Waals surface area contributed by atoms with E-state index in [1.807, 2.05) is 0 Å². The maximum absolute atomic E-state index is 5.04. The van der Waals surface area contributed by atoms with Crippen molar-refractivity contribution in [3.8, 4) is 0 Å². The van der Waals surface area contributed by atoms with E-state index >= 15 is 0 Å². The second-order valence-corrected chi connectivity index (χ2v) is 5.35. The van der Waals surface area contributed by atoms with Gasteiger partial charge in [-0.2, -0.15) is 11.8 Å². The number of rotatable bonds is 7. The zero-order chi connectivity index (χ0) is 10.2. The molecule has 1 rings (SSSR count). The van der Waals surface area contributed by atoms with Crippen LogP contribution >= 0.6 is 11.8 Å². The molecule has 0 spiro atoms. The van der Waals surface area contributed by atoms with Crippen LogP contribution in [-0.2, 0) is 4.74 Å². The maximum atomic E-state index is 5.04. The molecule has 2 unspecified atom stereocenters. The summed E-state index contributed by atoms with van der Waals surface area (Å²) in [6.45, 7) is 4.25. The normalized spacial score (nSPS) is 27.0. The lowest BCUT2D eigenvalue weighted by Gasteiger charge is -2.19. The van der Waals surface area contributed by atoms with E-state index < -0.39 is 0 Å². The summed E-state index contributed by atoms with van der Waals surface area (Å²) in [5.41, 5.74) is 0. The topological polar surface area (TPSA) is 21.3 Å². The zero-order valence-corrected chi connectivity index (χ0v) is 10.2. The van der Waals surface area contributed by atoms with Gasteiger partial charge in [0.15, 0.2) is 0 Å². The highest BCUT2D eigenvalue weighted by Gasteiger charge is 2.25. The molecule has 14 heavy (non-hydrogen) atoms. The van der Waals surface area contributed by atoms with Crippen molar-refractivity contribution in [3.05, 3.63) is 0 Å². The molecule has 3 heteroatoms. The van der Waals surface area contributed by atoms with Crippen LogP contribution in [0.15, 0.2) is 0 Å². The molecule has 0 heterocycles. The highest BCUT2D eigenvalue weighted by Crippen LogP contribution is 2.29. The van der Waals surface area contributed by atoms with E-state index in [1.165, 1.54) is 25.0 Å². The van der Waals surface area contributed by atoms with E-state index in [0.717, 1.165) is 30.9 Å². The lowest BCUT2D eigenvalue weighted by atomic mass is 10.2. The third-order valence-corrected chi connectivity index (χ3v) is 4.09. The van der Waals surface area contributed by atoms with Crippen molar-refractivity contribution in [2.75, 3.05) is 26.0 Å². The Morgan fingerprint density at radius 3 is 3.00 bits per heavy atom. The second kappa shape index (κ2) is 7.55. The number of methoxy groups -OCH3 is 1. The molecule has 1 aliphatic carbocycles. The minimum atomic E-state index is 0.761. The molecular formula is C11H23NOS. The van der Waals surface area contributed by atoms with Crippen LogP contribution in [0.1, 0.15) is 32.6 Å². The molecule has 0 aromatic carbocycles. The minimum Gasteiger partial charge on any atom is -0.385 e. The molecule has 1 saturated carbocycles. The van der Waals surface area contributed by atoms with E-state index in [0.29, 0.717) is 0 Å². The minimum absolute atomic E-state index is 0.761. The fourth-order valence-corrected chi connectivity index (χ4v) is 3.30. The first-order chi connectivity index (χ1) is 6.88. The molecule has 84 valence electrons. The van der Waals surface area contributed by atoms with Crippen molar-refractivity contribution >= 4 is 11.8 Å². The highest BCUT2D eigenvalue weighted by atomic mass is 32.2. The van der Waals surface area contributed by atoms with E-state index in [1.54, 1.807) is 7.11 Å². The fraction of sp³-hybridized carbons (Fsp3) is 1.00. The summed E-state index contributed by atoms with van der Waals surface area (Å²) in [5.74, 6) is 1.25. The molecule has 2 nitrogen and oxygen atoms in total. The molecule has 1 fully saturated rings. The largest absolute Gasteiger partial charge is 0.385 e. The van der Waals surface area contributed by atoms with Crippen molar-refractivity contribution < 1.29 is 4.74 Å². The average Bonchev–Trinajstić information content (AvgIpc) is 2.61. The third-order valence-electron chi connectivity index (χ3n) is 2.77. The Morgan fingerprint density at radius 2 is 2.29 bits per heavy atom. The lowest BCUT2D eigenvalue weighted by Crippen LogP contribution is -2.35. The molecule has 0 bridgehead atoms. The lowest BCUT2D eigenvalue weighted by molar-refractivity contribution is 0.193. The molecule has 0 aromatic rings. The molecule has 1 aliphatic rings. The van der Waals surface area contributed by atoms with Crippen molar-refractivity contribution in [1.29, 1.82) is 0 Å². The van der Waals surface area contributed by atoms with Crippen molar-refractivity contribution in [3.63, 3.8) is 0 Å². The van der Waals surface area contributed by atoms with Crippen molar-refractivity contribution in [2.45, 2.75) is 43.9 Å². The first kappa shape index (κ1) is 12.3. The van der Waals surface area contributed by atoms with Gasteiger partial charge in [-0.05, 0) is 31.6 Å². The second-order valence-electron chi connectivity index (χ2n) is 3.83. The van der Waals surface area contributed by atoms with E-state index in [4.69, 9.17) is 4.74 Å². The highest BCUT2D eigenvalue weighted by molar-refractivity contribution is 7.99. The van der Waals surface area contributed by atoms with Crippen LogP contribution in [0.2, 0.25) is 0 Å². The van der Waals surface area contributed by atoms with Gasteiger partial charge in [-0.1, -0.05) is 13.3 Å². The Balaban J connectivity index is 2.09. The fourth-order valence-electron chi connectivity index (χ4n) is 2.08. The molecule has 1 N–H and O–H groups in total. The molecule has 2 atom stereocenters. The van der Waals surface area contributed by atoms with Gasteiger partial charge < -0.3 is 10.1 Å². The number of hydrogen-bond donors (Lipinski definition) is 1. The predicted molar refractivity (Wildman–Crippen MR) is 64.1 cm³/mol. The van der Waals surface area contributed by atoms with Crippen LogP contribution in [0.5, 0.6) is 0 Å². The Hall–Kier alpha value is 0.270. The summed E-state index contributed by atoms with van der Waals surface area (Å²) in [6, 6.07) is 0.761. The number of hydrogen-bond acceptors (Lipinski definition) is 3. The summed E-state index contributed by atoms with van der Waals surface area (Å²) >= 11 is 2.12. The van der Waals surface area contributed by atoms with Crippen molar-refractivity contribution in [2.24, 2.45) is 0 Å². The van der Waals surface area contributed by atoms with Gasteiger partial charge in [0.2, 0.25) is 0 Å². The van der Waals surface area contributed by atoms with Crippen LogP contribution in [0.4, 0.5) is 0 Å². The summed E-state index contributed by atoms with van der Waals surface area (Å²) in [4.78, 5) is 0. The van der Waals surface area contributed by atoms with Gasteiger partial charge in [-0.3, -0.25) is 0 Å². The van der Waals surface area contributed by atoms with Crippen LogP contribution in [0.3, 0.4) is 0 Å². The third kappa shape index (κ3) is 4.20. The molecule has 0 aliphatic heterocycles. The summed E-state index contributed by atoms with van der Waals surface area (Å²) in [5, 5.41) is 4.51. The summed E-state index contributed by atoms with van der Waals surface area (Å²) in [6.07, 6.45) is 5.31. The van der Waals surface area contributed by atoms with Gasteiger partial charge >= 0.3 is 0 Å². The Labute approximate surface area is 92.2 Å². The molecule has 0 amide bonds. The first-order valence-corrected chi connectivity index (χ1v) is 6.77. The predicted octanol–water partition coefficient (Wildman–Crippen LogP) is 2.29. The van der Waals surface area contributed by atoms with Crippen molar-refractivity contribution in [1.82, 2.24) is 5.32 Å². The molecule has 0 radical (unpaired) electrons. The number of nitrogens with one attached hydrogen (secondary N) is 1. The van der Waals surface area contributed by atoms with E-state index in [2.05, 4.69) is 24.0 Å². The average molecular weight is 217 g/mol. The summed E-state index contributed by atoms with van der Waals surface area (Å²) < 4.78 is 5.04. The first-order valence-electron chi connectivity index (χ1n) is 5.72. The van der Waals surface area contributed by atoms with Gasteiger partial charge in [0.25, 0.3) is 0 Å². The number of ether oxygens (including phenoxy) is 1. The van der Waals surface area contributed by atoms with Gasteiger partial charge in [0, 0.05) is 25.0 Å². The van der Waals surface area contributed by atoms with Crippen LogP contribution in [0.25, 0.3) is 0 Å². The SMILES string of the molecule is CCSC1CCCC1NCCCOC. The molecule has 0 saturated heterocycles. The molecule has 0 aromatic heterocycles. The van der Waals surface area contributed by atoms with Crippen LogP contribution in [-0.4, -0.2) is 37.3 Å². The van der Waals surface area contributed by atoms with E-state index in [9.17, 15) is 0 Å². The van der Waals surface area contributed by atoms with Crippen LogP contribution < -0.4 is 5.32 Å².